The summed E-state index contributed by atoms with van der Waals surface area (Å²) in [6.07, 6.45) is 2.96. The Labute approximate surface area is 184 Å². The normalized spacial score (nSPS) is 11.0. The molecule has 1 aromatic carbocycles. The number of halogens is 2. The average Bonchev–Trinajstić information content (AvgIpc) is 2.99. The van der Waals surface area contributed by atoms with E-state index in [2.05, 4.69) is 24.1 Å². The van der Waals surface area contributed by atoms with Gasteiger partial charge in [0.25, 0.3) is 0 Å². The lowest BCUT2D eigenvalue weighted by molar-refractivity contribution is 0.198. The Kier molecular flexibility index (Phi) is 7.11. The van der Waals surface area contributed by atoms with E-state index in [4.69, 9.17) is 27.9 Å². The van der Waals surface area contributed by atoms with E-state index in [0.717, 1.165) is 21.0 Å². The topological polar surface area (TPSA) is 56.1 Å². The third-order valence-corrected chi connectivity index (χ3v) is 5.76. The molecule has 5 nitrogen and oxygen atoms in total. The van der Waals surface area contributed by atoms with Crippen LogP contribution in [0.4, 0.5) is 4.79 Å². The first kappa shape index (κ1) is 21.6. The molecule has 0 saturated carbocycles. The third kappa shape index (κ3) is 5.47. The lowest BCUT2D eigenvalue weighted by Crippen LogP contribution is -2.23. The summed E-state index contributed by atoms with van der Waals surface area (Å²) in [7, 11) is 1.53. The minimum absolute atomic E-state index is 0.220. The van der Waals surface area contributed by atoms with Crippen molar-refractivity contribution in [3.8, 4) is 5.88 Å². The van der Waals surface area contributed by atoms with Gasteiger partial charge >= 0.3 is 6.09 Å². The molecule has 0 aliphatic carbocycles. The van der Waals surface area contributed by atoms with Gasteiger partial charge in [0, 0.05) is 40.4 Å². The molecule has 0 bridgehead atoms. The zero-order chi connectivity index (χ0) is 21.0. The van der Waals surface area contributed by atoms with Crippen LogP contribution in [-0.4, -0.2) is 22.7 Å². The number of carbonyl (C=O) groups excluding carboxylic acids is 1. The van der Waals surface area contributed by atoms with Crippen molar-refractivity contribution in [3.05, 3.63) is 70.0 Å². The highest BCUT2D eigenvalue weighted by Crippen LogP contribution is 2.41. The number of hydrogen-bond donors (Lipinski definition) is 1. The first-order valence-corrected chi connectivity index (χ1v) is 10.6. The largest absolute Gasteiger partial charge is 0.413 e. The number of benzene rings is 1. The van der Waals surface area contributed by atoms with Gasteiger partial charge in [-0.15, -0.1) is 0 Å². The fourth-order valence-electron chi connectivity index (χ4n) is 2.81. The van der Waals surface area contributed by atoms with Gasteiger partial charge in [-0.2, -0.15) is 0 Å². The lowest BCUT2D eigenvalue weighted by atomic mass is 10.1. The number of nitrogens with one attached hydrogen (secondary N) is 1. The molecule has 0 aliphatic heterocycles. The van der Waals surface area contributed by atoms with Crippen molar-refractivity contribution in [2.45, 2.75) is 36.2 Å². The monoisotopic (exact) mass is 449 g/mol. The molecule has 0 aliphatic rings. The highest BCUT2D eigenvalue weighted by molar-refractivity contribution is 7.99. The highest BCUT2D eigenvalue weighted by Gasteiger charge is 2.21. The first-order chi connectivity index (χ1) is 13.9. The Morgan fingerprint density at radius 1 is 1.17 bits per heavy atom. The predicted molar refractivity (Wildman–Crippen MR) is 118 cm³/mol. The lowest BCUT2D eigenvalue weighted by Gasteiger charge is -2.15. The Morgan fingerprint density at radius 3 is 2.41 bits per heavy atom. The molecule has 0 saturated heterocycles. The molecule has 1 N–H and O–H groups in total. The zero-order valence-corrected chi connectivity index (χ0v) is 18.6. The van der Waals surface area contributed by atoms with Gasteiger partial charge in [0.1, 0.15) is 0 Å². The SMILES string of the molecule is CNC(=O)Oc1cc(C(C)C)c(Sc2cc(Cl)cc(Cl)c2)n1Cc1ccncc1. The summed E-state index contributed by atoms with van der Waals surface area (Å²) < 4.78 is 7.54. The number of hydrogen-bond acceptors (Lipinski definition) is 4. The average molecular weight is 450 g/mol. The summed E-state index contributed by atoms with van der Waals surface area (Å²) >= 11 is 13.9. The maximum absolute atomic E-state index is 11.9. The van der Waals surface area contributed by atoms with E-state index in [0.29, 0.717) is 22.5 Å². The molecule has 0 atom stereocenters. The van der Waals surface area contributed by atoms with E-state index in [1.807, 2.05) is 34.9 Å². The van der Waals surface area contributed by atoms with Crippen LogP contribution in [-0.2, 0) is 6.54 Å². The van der Waals surface area contributed by atoms with Crippen molar-refractivity contribution >= 4 is 41.1 Å². The Bertz CT molecular complexity index is 986. The van der Waals surface area contributed by atoms with Crippen LogP contribution >= 0.6 is 35.0 Å². The van der Waals surface area contributed by atoms with Crippen molar-refractivity contribution in [1.29, 1.82) is 0 Å². The molecular weight excluding hydrogens is 429 g/mol. The van der Waals surface area contributed by atoms with Crippen LogP contribution in [0.3, 0.4) is 0 Å². The van der Waals surface area contributed by atoms with Gasteiger partial charge in [0.2, 0.25) is 5.88 Å². The van der Waals surface area contributed by atoms with Crippen molar-refractivity contribution in [1.82, 2.24) is 14.9 Å². The van der Waals surface area contributed by atoms with Crippen LogP contribution in [0.1, 0.15) is 30.9 Å². The van der Waals surface area contributed by atoms with Crippen LogP contribution in [0.25, 0.3) is 0 Å². The van der Waals surface area contributed by atoms with Crippen molar-refractivity contribution in [2.75, 3.05) is 7.05 Å². The maximum atomic E-state index is 11.9. The van der Waals surface area contributed by atoms with Crippen LogP contribution in [0.5, 0.6) is 5.88 Å². The minimum Gasteiger partial charge on any atom is -0.393 e. The second-order valence-electron chi connectivity index (χ2n) is 6.69. The van der Waals surface area contributed by atoms with Gasteiger partial charge in [-0.05, 0) is 47.4 Å². The van der Waals surface area contributed by atoms with Gasteiger partial charge in [0.05, 0.1) is 11.6 Å². The minimum atomic E-state index is -0.517. The molecule has 2 aromatic heterocycles. The predicted octanol–water partition coefficient (Wildman–Crippen LogP) is 6.23. The summed E-state index contributed by atoms with van der Waals surface area (Å²) in [5.74, 6) is 0.693. The molecule has 0 fully saturated rings. The number of pyridine rings is 1. The number of carbonyl (C=O) groups is 1. The van der Waals surface area contributed by atoms with Crippen molar-refractivity contribution in [2.24, 2.45) is 0 Å². The molecule has 152 valence electrons. The highest BCUT2D eigenvalue weighted by atomic mass is 35.5. The summed E-state index contributed by atoms with van der Waals surface area (Å²) in [4.78, 5) is 16.9. The summed E-state index contributed by atoms with van der Waals surface area (Å²) in [5.41, 5.74) is 2.11. The molecule has 3 aromatic rings. The summed E-state index contributed by atoms with van der Waals surface area (Å²) in [5, 5.41) is 4.61. The Hall–Kier alpha value is -2.15. The summed E-state index contributed by atoms with van der Waals surface area (Å²) in [6.45, 7) is 4.73. The van der Waals surface area contributed by atoms with E-state index >= 15 is 0 Å². The number of rotatable bonds is 6. The molecule has 8 heteroatoms. The standard InChI is InChI=1S/C21H21Cl2N3O2S/c1-13(2)18-11-19(28-21(27)24-3)26(12-14-4-6-25-7-5-14)20(18)29-17-9-15(22)8-16(23)10-17/h4-11,13H,12H2,1-3H3,(H,24,27). The van der Waals surface area contributed by atoms with E-state index in [9.17, 15) is 4.79 Å². The number of nitrogens with zero attached hydrogens (tertiary/aromatic N) is 2. The Balaban J connectivity index is 2.10. The van der Waals surface area contributed by atoms with Crippen LogP contribution in [0.2, 0.25) is 10.0 Å². The molecule has 29 heavy (non-hydrogen) atoms. The summed E-state index contributed by atoms with van der Waals surface area (Å²) in [6, 6.07) is 11.2. The maximum Gasteiger partial charge on any atom is 0.413 e. The van der Waals surface area contributed by atoms with Gasteiger partial charge < -0.3 is 14.6 Å². The van der Waals surface area contributed by atoms with E-state index in [-0.39, 0.29) is 5.92 Å². The molecule has 0 unspecified atom stereocenters. The van der Waals surface area contributed by atoms with Crippen molar-refractivity contribution in [3.63, 3.8) is 0 Å². The number of aromatic nitrogens is 2. The molecule has 0 spiro atoms. The number of ether oxygens (including phenoxy) is 1. The van der Waals surface area contributed by atoms with Crippen LogP contribution in [0, 0.1) is 0 Å². The van der Waals surface area contributed by atoms with Gasteiger partial charge in [0.15, 0.2) is 0 Å². The van der Waals surface area contributed by atoms with Crippen LogP contribution < -0.4 is 10.1 Å². The second-order valence-corrected chi connectivity index (χ2v) is 8.62. The van der Waals surface area contributed by atoms with Gasteiger partial charge in [-0.25, -0.2) is 4.79 Å². The van der Waals surface area contributed by atoms with Gasteiger partial charge in [-0.1, -0.05) is 48.8 Å². The zero-order valence-electron chi connectivity index (χ0n) is 16.3. The fourth-order valence-corrected chi connectivity index (χ4v) is 4.73. The fraction of sp³-hybridized carbons (Fsp3) is 0.238. The first-order valence-electron chi connectivity index (χ1n) is 9.03. The van der Waals surface area contributed by atoms with Crippen LogP contribution in [0.15, 0.2) is 58.7 Å². The third-order valence-electron chi connectivity index (χ3n) is 4.20. The van der Waals surface area contributed by atoms with Crippen molar-refractivity contribution < 1.29 is 9.53 Å². The van der Waals surface area contributed by atoms with Gasteiger partial charge in [-0.3, -0.25) is 4.98 Å². The molecular formula is C21H21Cl2N3O2S. The molecule has 2 heterocycles. The smallest absolute Gasteiger partial charge is 0.393 e. The molecule has 1 amide bonds. The Morgan fingerprint density at radius 2 is 1.83 bits per heavy atom. The van der Waals surface area contributed by atoms with E-state index < -0.39 is 6.09 Å². The molecule has 0 radical (unpaired) electrons. The van der Waals surface area contributed by atoms with E-state index in [1.165, 1.54) is 18.8 Å². The number of amides is 1. The quantitative estimate of drug-likeness (QED) is 0.484. The molecule has 3 rings (SSSR count). The van der Waals surface area contributed by atoms with E-state index in [1.54, 1.807) is 18.5 Å². The second kappa shape index (κ2) is 9.57.